The van der Waals surface area contributed by atoms with Gasteiger partial charge in [0.05, 0.1) is 12.0 Å². The van der Waals surface area contributed by atoms with E-state index >= 15 is 0 Å². The maximum atomic E-state index is 14.3. The number of imidazole rings is 1. The minimum Gasteiger partial charge on any atom is -0.333 e. The Balaban J connectivity index is 1.52. The molecule has 1 saturated carbocycles. The van der Waals surface area contributed by atoms with Gasteiger partial charge in [0.15, 0.2) is 0 Å². The third kappa shape index (κ3) is 6.89. The number of rotatable bonds is 5. The number of carbonyl (C=O) groups is 2. The second kappa shape index (κ2) is 13.5. The standard InChI is InChI=1S/C34H45N5O2/c1-26(2)37-18-10-19-39(33(40)28-12-5-4-6-13-28)32-27(3)11-9-15-30(32)24-38(22-21-37)34(41)31-16-8-7-14-29(31)23-36-20-17-35-25-36/h7-9,11,14-17,20,25-26,28H,4-6,10,12-13,18-19,21-24H2,1-3H3. The summed E-state index contributed by atoms with van der Waals surface area (Å²) in [6.07, 6.45) is 11.8. The molecule has 0 N–H and O–H groups in total. The van der Waals surface area contributed by atoms with Crippen molar-refractivity contribution in [1.29, 1.82) is 0 Å². The average molecular weight is 556 g/mol. The molecule has 1 fully saturated rings. The number of amides is 2. The van der Waals surface area contributed by atoms with Gasteiger partial charge in [-0.15, -0.1) is 0 Å². The molecule has 1 aliphatic heterocycles. The zero-order valence-electron chi connectivity index (χ0n) is 25.0. The summed E-state index contributed by atoms with van der Waals surface area (Å²) < 4.78 is 1.99. The number of anilines is 1. The van der Waals surface area contributed by atoms with Gasteiger partial charge in [-0.1, -0.05) is 55.7 Å². The lowest BCUT2D eigenvalue weighted by Gasteiger charge is -2.33. The van der Waals surface area contributed by atoms with Gasteiger partial charge in [0.25, 0.3) is 5.91 Å². The van der Waals surface area contributed by atoms with Crippen molar-refractivity contribution in [3.05, 3.63) is 83.4 Å². The highest BCUT2D eigenvalue weighted by Gasteiger charge is 2.31. The van der Waals surface area contributed by atoms with Crippen molar-refractivity contribution in [1.82, 2.24) is 19.4 Å². The molecule has 3 aromatic rings. The Kier molecular flexibility index (Phi) is 9.55. The number of aryl methyl sites for hydroxylation is 1. The number of fused-ring (bicyclic) bond motifs is 1. The molecule has 2 aromatic carbocycles. The molecule has 1 aliphatic carbocycles. The van der Waals surface area contributed by atoms with Crippen LogP contribution >= 0.6 is 0 Å². The lowest BCUT2D eigenvalue weighted by Crippen LogP contribution is -2.42. The van der Waals surface area contributed by atoms with Crippen LogP contribution in [0.4, 0.5) is 5.69 Å². The van der Waals surface area contributed by atoms with Crippen LogP contribution in [-0.4, -0.2) is 63.4 Å². The summed E-state index contributed by atoms with van der Waals surface area (Å²) in [4.78, 5) is 39.1. The first-order valence-corrected chi connectivity index (χ1v) is 15.4. The van der Waals surface area contributed by atoms with E-state index in [9.17, 15) is 9.59 Å². The van der Waals surface area contributed by atoms with E-state index in [1.54, 1.807) is 12.5 Å². The van der Waals surface area contributed by atoms with Crippen molar-refractivity contribution in [2.24, 2.45) is 5.92 Å². The number of hydrogen-bond donors (Lipinski definition) is 0. The summed E-state index contributed by atoms with van der Waals surface area (Å²) in [6, 6.07) is 14.5. The van der Waals surface area contributed by atoms with E-state index in [1.807, 2.05) is 39.9 Å². The Bertz CT molecular complexity index is 1310. The molecule has 0 atom stereocenters. The van der Waals surface area contributed by atoms with E-state index in [-0.39, 0.29) is 17.7 Å². The van der Waals surface area contributed by atoms with Crippen LogP contribution in [0.2, 0.25) is 0 Å². The van der Waals surface area contributed by atoms with Crippen LogP contribution in [0.5, 0.6) is 0 Å². The van der Waals surface area contributed by atoms with Gasteiger partial charge in [0, 0.05) is 69.2 Å². The monoisotopic (exact) mass is 555 g/mol. The lowest BCUT2D eigenvalue weighted by molar-refractivity contribution is -0.123. The molecule has 2 amide bonds. The third-order valence-corrected chi connectivity index (χ3v) is 8.83. The normalized spacial score (nSPS) is 17.8. The van der Waals surface area contributed by atoms with Crippen LogP contribution in [0.25, 0.3) is 0 Å². The largest absolute Gasteiger partial charge is 0.333 e. The third-order valence-electron chi connectivity index (χ3n) is 8.83. The van der Waals surface area contributed by atoms with E-state index in [0.717, 1.165) is 73.1 Å². The Morgan fingerprint density at radius 1 is 0.927 bits per heavy atom. The number of hydrogen-bond acceptors (Lipinski definition) is 4. The van der Waals surface area contributed by atoms with Gasteiger partial charge in [-0.05, 0) is 62.8 Å². The van der Waals surface area contributed by atoms with Gasteiger partial charge < -0.3 is 14.4 Å². The number of benzene rings is 2. The second-order valence-corrected chi connectivity index (χ2v) is 12.0. The molecule has 0 unspecified atom stereocenters. The molecule has 1 aromatic heterocycles. The van der Waals surface area contributed by atoms with Crippen LogP contribution in [0.1, 0.15) is 79.4 Å². The second-order valence-electron chi connectivity index (χ2n) is 12.0. The van der Waals surface area contributed by atoms with E-state index in [1.165, 1.54) is 6.42 Å². The fourth-order valence-corrected chi connectivity index (χ4v) is 6.52. The molecule has 7 nitrogen and oxygen atoms in total. The molecule has 2 aliphatic rings. The van der Waals surface area contributed by atoms with Gasteiger partial charge >= 0.3 is 0 Å². The van der Waals surface area contributed by atoms with E-state index in [2.05, 4.69) is 53.8 Å². The van der Waals surface area contributed by atoms with Crippen LogP contribution in [0, 0.1) is 12.8 Å². The first-order chi connectivity index (χ1) is 19.9. The molecule has 5 rings (SSSR count). The molecular formula is C34H45N5O2. The number of carbonyl (C=O) groups excluding carboxylic acids is 2. The summed E-state index contributed by atoms with van der Waals surface area (Å²) in [7, 11) is 0. The van der Waals surface area contributed by atoms with Gasteiger partial charge in [-0.2, -0.15) is 0 Å². The zero-order chi connectivity index (χ0) is 28.8. The molecule has 0 bridgehead atoms. The Morgan fingerprint density at radius 3 is 2.49 bits per heavy atom. The molecular weight excluding hydrogens is 510 g/mol. The number of aromatic nitrogens is 2. The van der Waals surface area contributed by atoms with Crippen molar-refractivity contribution in [3.63, 3.8) is 0 Å². The van der Waals surface area contributed by atoms with E-state index in [0.29, 0.717) is 32.2 Å². The van der Waals surface area contributed by atoms with Crippen LogP contribution < -0.4 is 4.90 Å². The Morgan fingerprint density at radius 2 is 1.73 bits per heavy atom. The zero-order valence-corrected chi connectivity index (χ0v) is 25.0. The van der Waals surface area contributed by atoms with Gasteiger partial charge in [-0.3, -0.25) is 14.5 Å². The highest BCUT2D eigenvalue weighted by atomic mass is 16.2. The van der Waals surface area contributed by atoms with Crippen LogP contribution in [0.3, 0.4) is 0 Å². The quantitative estimate of drug-likeness (QED) is 0.393. The predicted octanol–water partition coefficient (Wildman–Crippen LogP) is 5.91. The highest BCUT2D eigenvalue weighted by molar-refractivity contribution is 5.98. The molecule has 7 heteroatoms. The molecule has 218 valence electrons. The smallest absolute Gasteiger partial charge is 0.254 e. The van der Waals surface area contributed by atoms with Crippen molar-refractivity contribution in [2.45, 2.75) is 78.4 Å². The molecule has 41 heavy (non-hydrogen) atoms. The Labute approximate surface area is 245 Å². The predicted molar refractivity (Wildman–Crippen MR) is 164 cm³/mol. The molecule has 0 spiro atoms. The topological polar surface area (TPSA) is 61.7 Å². The minimum absolute atomic E-state index is 0.0290. The van der Waals surface area contributed by atoms with Gasteiger partial charge in [0.1, 0.15) is 0 Å². The maximum absolute atomic E-state index is 14.3. The van der Waals surface area contributed by atoms with Crippen LogP contribution in [-0.2, 0) is 17.9 Å². The van der Waals surface area contributed by atoms with Gasteiger partial charge in [0.2, 0.25) is 5.91 Å². The maximum Gasteiger partial charge on any atom is 0.254 e. The number of nitrogens with zero attached hydrogens (tertiary/aromatic N) is 5. The van der Waals surface area contributed by atoms with E-state index in [4.69, 9.17) is 0 Å². The summed E-state index contributed by atoms with van der Waals surface area (Å²) >= 11 is 0. The van der Waals surface area contributed by atoms with Crippen molar-refractivity contribution >= 4 is 17.5 Å². The fraction of sp³-hybridized carbons (Fsp3) is 0.500. The van der Waals surface area contributed by atoms with Gasteiger partial charge in [-0.25, -0.2) is 4.98 Å². The van der Waals surface area contributed by atoms with E-state index < -0.39 is 0 Å². The first kappa shape index (κ1) is 29.1. The summed E-state index contributed by atoms with van der Waals surface area (Å²) in [6.45, 7) is 10.6. The van der Waals surface area contributed by atoms with Crippen molar-refractivity contribution in [3.8, 4) is 0 Å². The van der Waals surface area contributed by atoms with Crippen LogP contribution in [0.15, 0.2) is 61.2 Å². The van der Waals surface area contributed by atoms with Crippen molar-refractivity contribution in [2.75, 3.05) is 31.1 Å². The molecule has 0 saturated heterocycles. The first-order valence-electron chi connectivity index (χ1n) is 15.4. The lowest BCUT2D eigenvalue weighted by atomic mass is 9.87. The molecule has 2 heterocycles. The average Bonchev–Trinajstić information content (AvgIpc) is 3.48. The van der Waals surface area contributed by atoms with Crippen molar-refractivity contribution < 1.29 is 9.59 Å². The summed E-state index contributed by atoms with van der Waals surface area (Å²) in [5.74, 6) is 0.385. The SMILES string of the molecule is Cc1cccc2c1N(C(=O)C1CCCCC1)CCCN(C(C)C)CCN(C(=O)c1ccccc1Cn1ccnc1)C2. The Hall–Kier alpha value is -3.45. The summed E-state index contributed by atoms with van der Waals surface area (Å²) in [5, 5.41) is 0. The summed E-state index contributed by atoms with van der Waals surface area (Å²) in [5.41, 5.74) is 4.85. The number of para-hydroxylation sites is 1. The minimum atomic E-state index is 0.0290. The molecule has 0 radical (unpaired) electrons. The fourth-order valence-electron chi connectivity index (χ4n) is 6.52. The highest BCUT2D eigenvalue weighted by Crippen LogP contribution is 2.33.